The standard InChI is InChI=1S/C66H123NO8/c1-3-5-7-9-11-13-15-17-19-21-23-25-27-28-29-30-31-32-34-36-38-40-42-44-46-48-50-52-54-56-62(70)67-59(58-74-66-65(73)64(72)63(71)61(57-68)75-66)60(69)55-53-51-49-47-45-43-41-39-37-35-33-26-24-22-20-18-16-14-12-10-8-6-4-2/h15,17,21,23,45,47,53,55,59-61,63-66,68-69,71-73H,3-14,16,18-20,22,24-44,46,48-52,54,56-58H2,1-2H3,(H,67,70)/b17-15-,23-21-,47-45+,55-53+. The van der Waals surface area contributed by atoms with Crippen LogP contribution >= 0.6 is 0 Å². The SMILES string of the molecule is CCCCCCC/C=C\C/C=C\CCCCCCCCCCCCCCCCCCCC(=O)NC(COC1OC(CO)C(O)C(O)C1O)C(O)/C=C/CC/C=C/CCCCCCCCCCCCCCCCCCC. The predicted octanol–water partition coefficient (Wildman–Crippen LogP) is 16.9. The molecule has 1 fully saturated rings. The lowest BCUT2D eigenvalue weighted by molar-refractivity contribution is -0.302. The maximum atomic E-state index is 13.1. The fourth-order valence-corrected chi connectivity index (χ4v) is 10.3. The largest absolute Gasteiger partial charge is 0.394 e. The highest BCUT2D eigenvalue weighted by atomic mass is 16.7. The number of aliphatic hydroxyl groups is 5. The van der Waals surface area contributed by atoms with Crippen LogP contribution in [0.2, 0.25) is 0 Å². The highest BCUT2D eigenvalue weighted by Crippen LogP contribution is 2.23. The monoisotopic (exact) mass is 1060 g/mol. The van der Waals surface area contributed by atoms with E-state index in [0.717, 1.165) is 44.9 Å². The Hall–Kier alpha value is -1.85. The Morgan fingerprint density at radius 1 is 0.453 bits per heavy atom. The van der Waals surface area contributed by atoms with E-state index in [0.29, 0.717) is 6.42 Å². The van der Waals surface area contributed by atoms with Crippen molar-refractivity contribution in [1.29, 1.82) is 0 Å². The average Bonchev–Trinajstić information content (AvgIpc) is 3.41. The van der Waals surface area contributed by atoms with Crippen LogP contribution in [0.1, 0.15) is 309 Å². The quantitative estimate of drug-likeness (QED) is 0.0261. The molecule has 0 aromatic heterocycles. The summed E-state index contributed by atoms with van der Waals surface area (Å²) in [6.07, 6.45) is 67.7. The molecule has 1 rings (SSSR count). The summed E-state index contributed by atoms with van der Waals surface area (Å²) in [5.41, 5.74) is 0. The first-order valence-corrected chi connectivity index (χ1v) is 32.4. The van der Waals surface area contributed by atoms with Crippen molar-refractivity contribution in [3.8, 4) is 0 Å². The minimum absolute atomic E-state index is 0.182. The van der Waals surface area contributed by atoms with Gasteiger partial charge in [0.1, 0.15) is 24.4 Å². The van der Waals surface area contributed by atoms with E-state index in [2.05, 4.69) is 55.6 Å². The normalized spacial score (nSPS) is 19.2. The van der Waals surface area contributed by atoms with Crippen LogP contribution in [0.25, 0.3) is 0 Å². The van der Waals surface area contributed by atoms with Crippen LogP contribution in [-0.4, -0.2) is 87.5 Å². The highest BCUT2D eigenvalue weighted by molar-refractivity contribution is 5.76. The van der Waals surface area contributed by atoms with Crippen LogP contribution in [0.5, 0.6) is 0 Å². The van der Waals surface area contributed by atoms with Crippen molar-refractivity contribution < 1.29 is 39.8 Å². The number of carbonyl (C=O) groups is 1. The molecule has 75 heavy (non-hydrogen) atoms. The molecule has 0 saturated carbocycles. The molecule has 6 N–H and O–H groups in total. The molecule has 0 aliphatic carbocycles. The van der Waals surface area contributed by atoms with E-state index in [1.807, 2.05) is 6.08 Å². The molecule has 9 nitrogen and oxygen atoms in total. The molecule has 0 aromatic carbocycles. The van der Waals surface area contributed by atoms with Crippen LogP contribution < -0.4 is 5.32 Å². The number of carbonyl (C=O) groups excluding carboxylic acids is 1. The summed E-state index contributed by atoms with van der Waals surface area (Å²) in [5, 5.41) is 54.6. The Bertz CT molecular complexity index is 1320. The molecule has 0 bridgehead atoms. The molecule has 9 heteroatoms. The van der Waals surface area contributed by atoms with Gasteiger partial charge in [-0.1, -0.05) is 287 Å². The smallest absolute Gasteiger partial charge is 0.220 e. The zero-order chi connectivity index (χ0) is 54.3. The van der Waals surface area contributed by atoms with Crippen molar-refractivity contribution in [2.24, 2.45) is 0 Å². The van der Waals surface area contributed by atoms with Crippen LogP contribution in [0.3, 0.4) is 0 Å². The van der Waals surface area contributed by atoms with Gasteiger partial charge in [0.2, 0.25) is 5.91 Å². The lowest BCUT2D eigenvalue weighted by atomic mass is 9.99. The van der Waals surface area contributed by atoms with E-state index in [1.165, 1.54) is 244 Å². The number of hydrogen-bond acceptors (Lipinski definition) is 8. The summed E-state index contributed by atoms with van der Waals surface area (Å²) in [6.45, 7) is 3.79. The van der Waals surface area contributed by atoms with E-state index < -0.39 is 49.5 Å². The van der Waals surface area contributed by atoms with Gasteiger partial charge in [0.15, 0.2) is 6.29 Å². The van der Waals surface area contributed by atoms with Crippen LogP contribution in [-0.2, 0) is 14.3 Å². The number of aliphatic hydroxyl groups excluding tert-OH is 5. The van der Waals surface area contributed by atoms with Gasteiger partial charge in [-0.05, 0) is 64.2 Å². The topological polar surface area (TPSA) is 149 Å². The number of nitrogens with one attached hydrogen (secondary N) is 1. The van der Waals surface area contributed by atoms with Gasteiger partial charge >= 0.3 is 0 Å². The minimum Gasteiger partial charge on any atom is -0.394 e. The van der Waals surface area contributed by atoms with Crippen molar-refractivity contribution in [3.63, 3.8) is 0 Å². The maximum absolute atomic E-state index is 13.1. The van der Waals surface area contributed by atoms with Crippen molar-refractivity contribution >= 4 is 5.91 Å². The summed E-state index contributed by atoms with van der Waals surface area (Å²) in [7, 11) is 0. The zero-order valence-electron chi connectivity index (χ0n) is 49.1. The van der Waals surface area contributed by atoms with Gasteiger partial charge in [-0.25, -0.2) is 0 Å². The average molecular weight is 1060 g/mol. The van der Waals surface area contributed by atoms with Gasteiger partial charge in [0, 0.05) is 6.42 Å². The predicted molar refractivity (Wildman–Crippen MR) is 318 cm³/mol. The Morgan fingerprint density at radius 3 is 1.20 bits per heavy atom. The van der Waals surface area contributed by atoms with Crippen LogP contribution in [0.4, 0.5) is 0 Å². The zero-order valence-corrected chi connectivity index (χ0v) is 49.1. The first-order chi connectivity index (χ1) is 36.8. The second-order valence-electron chi connectivity index (χ2n) is 22.5. The highest BCUT2D eigenvalue weighted by Gasteiger charge is 2.44. The number of unbranched alkanes of at least 4 members (excludes halogenated alkanes) is 40. The lowest BCUT2D eigenvalue weighted by Crippen LogP contribution is -2.60. The van der Waals surface area contributed by atoms with Gasteiger partial charge in [-0.2, -0.15) is 0 Å². The second-order valence-corrected chi connectivity index (χ2v) is 22.5. The Labute approximate surface area is 463 Å². The molecule has 1 saturated heterocycles. The third-order valence-corrected chi connectivity index (χ3v) is 15.4. The molecule has 1 aliphatic heterocycles. The summed E-state index contributed by atoms with van der Waals surface area (Å²) < 4.78 is 11.3. The van der Waals surface area contributed by atoms with Crippen LogP contribution in [0, 0.1) is 0 Å². The number of ether oxygens (including phenoxy) is 2. The van der Waals surface area contributed by atoms with E-state index in [4.69, 9.17) is 9.47 Å². The fourth-order valence-electron chi connectivity index (χ4n) is 10.3. The Kier molecular flexibility index (Phi) is 52.6. The molecule has 1 aliphatic rings. The number of rotatable bonds is 56. The third kappa shape index (κ3) is 44.7. The number of allylic oxidation sites excluding steroid dienone is 7. The van der Waals surface area contributed by atoms with Crippen LogP contribution in [0.15, 0.2) is 48.6 Å². The van der Waals surface area contributed by atoms with E-state index in [-0.39, 0.29) is 12.5 Å². The van der Waals surface area contributed by atoms with Gasteiger partial charge in [0.25, 0.3) is 0 Å². The molecule has 0 radical (unpaired) electrons. The fraction of sp³-hybridized carbons (Fsp3) is 0.864. The molecule has 7 unspecified atom stereocenters. The first-order valence-electron chi connectivity index (χ1n) is 32.4. The first kappa shape index (κ1) is 71.2. The van der Waals surface area contributed by atoms with Crippen molar-refractivity contribution in [2.75, 3.05) is 13.2 Å². The summed E-state index contributed by atoms with van der Waals surface area (Å²) >= 11 is 0. The van der Waals surface area contributed by atoms with Gasteiger partial charge < -0.3 is 40.3 Å². The van der Waals surface area contributed by atoms with E-state index in [9.17, 15) is 30.3 Å². The molecular weight excluding hydrogens is 935 g/mol. The lowest BCUT2D eigenvalue weighted by Gasteiger charge is -2.40. The minimum atomic E-state index is -1.57. The summed E-state index contributed by atoms with van der Waals surface area (Å²) in [5.74, 6) is -0.182. The maximum Gasteiger partial charge on any atom is 0.220 e. The number of amides is 1. The van der Waals surface area contributed by atoms with Crippen molar-refractivity contribution in [2.45, 2.75) is 352 Å². The molecule has 0 spiro atoms. The van der Waals surface area contributed by atoms with Gasteiger partial charge in [-0.15, -0.1) is 0 Å². The van der Waals surface area contributed by atoms with E-state index >= 15 is 0 Å². The molecular formula is C66H123NO8. The van der Waals surface area contributed by atoms with Crippen molar-refractivity contribution in [1.82, 2.24) is 5.32 Å². The van der Waals surface area contributed by atoms with Gasteiger partial charge in [-0.3, -0.25) is 4.79 Å². The summed E-state index contributed by atoms with van der Waals surface area (Å²) in [4.78, 5) is 13.1. The summed E-state index contributed by atoms with van der Waals surface area (Å²) in [6, 6.07) is -0.823. The molecule has 0 aromatic rings. The molecule has 1 heterocycles. The van der Waals surface area contributed by atoms with Gasteiger partial charge in [0.05, 0.1) is 25.4 Å². The second kappa shape index (κ2) is 55.5. The van der Waals surface area contributed by atoms with Crippen molar-refractivity contribution in [3.05, 3.63) is 48.6 Å². The third-order valence-electron chi connectivity index (χ3n) is 15.4. The van der Waals surface area contributed by atoms with E-state index in [1.54, 1.807) is 6.08 Å². The molecule has 1 amide bonds. The number of hydrogen-bond donors (Lipinski definition) is 6. The molecule has 7 atom stereocenters. The Balaban J connectivity index is 2.18. The Morgan fingerprint density at radius 2 is 0.800 bits per heavy atom. The molecule has 440 valence electrons.